The van der Waals surface area contributed by atoms with E-state index in [1.165, 1.54) is 0 Å². The van der Waals surface area contributed by atoms with Gasteiger partial charge in [0.2, 0.25) is 0 Å². The van der Waals surface area contributed by atoms with Gasteiger partial charge in [0.1, 0.15) is 4.90 Å². The first-order valence-electron chi connectivity index (χ1n) is 3.07. The largest absolute Gasteiger partial charge is 0.478 e. The van der Waals surface area contributed by atoms with Gasteiger partial charge in [-0.3, -0.25) is 9.54 Å². The molecule has 0 unspecified atom stereocenters. The van der Waals surface area contributed by atoms with E-state index in [1.807, 2.05) is 0 Å². The van der Waals surface area contributed by atoms with Gasteiger partial charge >= 0.3 is 5.97 Å². The SMILES string of the molecule is O=C(O)c1cnccc1S(=O)(=O)O. The molecule has 0 aliphatic heterocycles. The first-order valence-corrected chi connectivity index (χ1v) is 4.51. The van der Waals surface area contributed by atoms with Crippen molar-refractivity contribution >= 4 is 16.1 Å². The van der Waals surface area contributed by atoms with E-state index < -0.39 is 26.5 Å². The van der Waals surface area contributed by atoms with Crippen LogP contribution in [0.1, 0.15) is 10.4 Å². The summed E-state index contributed by atoms with van der Waals surface area (Å²) in [4.78, 5) is 13.2. The number of aromatic nitrogens is 1. The average Bonchev–Trinajstić information content (AvgIpc) is 2.03. The van der Waals surface area contributed by atoms with E-state index in [9.17, 15) is 13.2 Å². The molecule has 0 aliphatic carbocycles. The summed E-state index contributed by atoms with van der Waals surface area (Å²) < 4.78 is 29.8. The first-order chi connectivity index (χ1) is 5.93. The van der Waals surface area contributed by atoms with E-state index in [2.05, 4.69) is 4.98 Å². The zero-order valence-corrected chi connectivity index (χ0v) is 7.02. The molecular weight excluding hydrogens is 198 g/mol. The number of hydrogen-bond acceptors (Lipinski definition) is 4. The van der Waals surface area contributed by atoms with Crippen LogP contribution in [0.4, 0.5) is 0 Å². The third-order valence-corrected chi connectivity index (χ3v) is 2.20. The van der Waals surface area contributed by atoms with Crippen molar-refractivity contribution in [2.75, 3.05) is 0 Å². The molecule has 0 aromatic carbocycles. The Balaban J connectivity index is 3.46. The van der Waals surface area contributed by atoms with Gasteiger partial charge in [0, 0.05) is 12.4 Å². The maximum atomic E-state index is 10.6. The van der Waals surface area contributed by atoms with Gasteiger partial charge in [0.15, 0.2) is 0 Å². The van der Waals surface area contributed by atoms with E-state index in [1.54, 1.807) is 0 Å². The summed E-state index contributed by atoms with van der Waals surface area (Å²) >= 11 is 0. The molecule has 0 amide bonds. The third kappa shape index (κ3) is 2.01. The number of nitrogens with zero attached hydrogens (tertiary/aromatic N) is 1. The molecule has 0 aliphatic rings. The molecule has 7 heteroatoms. The molecule has 0 radical (unpaired) electrons. The van der Waals surface area contributed by atoms with Gasteiger partial charge in [0.25, 0.3) is 10.1 Å². The smallest absolute Gasteiger partial charge is 0.338 e. The standard InChI is InChI=1S/C6H5NO5S/c8-6(9)4-3-7-2-1-5(4)13(10,11)12/h1-3H,(H,8,9)(H,10,11,12). The summed E-state index contributed by atoms with van der Waals surface area (Å²) in [5.41, 5.74) is -0.551. The van der Waals surface area contributed by atoms with Crippen molar-refractivity contribution < 1.29 is 22.9 Å². The maximum Gasteiger partial charge on any atom is 0.338 e. The second-order valence-corrected chi connectivity index (χ2v) is 3.54. The molecule has 0 atom stereocenters. The van der Waals surface area contributed by atoms with Gasteiger partial charge in [-0.25, -0.2) is 4.79 Å². The predicted molar refractivity (Wildman–Crippen MR) is 41.0 cm³/mol. The van der Waals surface area contributed by atoms with Crippen LogP contribution in [0.15, 0.2) is 23.4 Å². The van der Waals surface area contributed by atoms with Crippen LogP contribution in [-0.4, -0.2) is 29.0 Å². The average molecular weight is 203 g/mol. The van der Waals surface area contributed by atoms with Crippen LogP contribution < -0.4 is 0 Å². The highest BCUT2D eigenvalue weighted by atomic mass is 32.2. The number of hydrogen-bond donors (Lipinski definition) is 2. The minimum absolute atomic E-state index is 0.551. The summed E-state index contributed by atoms with van der Waals surface area (Å²) in [6, 6.07) is 0.915. The number of carbonyl (C=O) groups is 1. The number of carboxylic acids is 1. The molecule has 1 rings (SSSR count). The van der Waals surface area contributed by atoms with Crippen molar-refractivity contribution in [1.29, 1.82) is 0 Å². The fourth-order valence-electron chi connectivity index (χ4n) is 0.767. The number of rotatable bonds is 2. The van der Waals surface area contributed by atoms with Crippen LogP contribution in [0, 0.1) is 0 Å². The lowest BCUT2D eigenvalue weighted by Crippen LogP contribution is -2.08. The number of aromatic carboxylic acids is 1. The second-order valence-electron chi connectivity index (χ2n) is 2.15. The third-order valence-electron chi connectivity index (χ3n) is 1.29. The van der Waals surface area contributed by atoms with Crippen LogP contribution in [0.5, 0.6) is 0 Å². The van der Waals surface area contributed by atoms with Gasteiger partial charge in [-0.1, -0.05) is 0 Å². The van der Waals surface area contributed by atoms with Gasteiger partial charge < -0.3 is 5.11 Å². The number of pyridine rings is 1. The van der Waals surface area contributed by atoms with Crippen LogP contribution in [0.3, 0.4) is 0 Å². The molecule has 0 saturated carbocycles. The molecule has 2 N–H and O–H groups in total. The number of carboxylic acid groups (broad SMARTS) is 1. The molecule has 0 spiro atoms. The van der Waals surface area contributed by atoms with Gasteiger partial charge in [-0.05, 0) is 6.07 Å². The molecule has 0 bridgehead atoms. The minimum Gasteiger partial charge on any atom is -0.478 e. The molecule has 0 fully saturated rings. The predicted octanol–water partition coefficient (Wildman–Crippen LogP) is 0.0265. The maximum absolute atomic E-state index is 10.6. The fraction of sp³-hybridized carbons (Fsp3) is 0. The first kappa shape index (κ1) is 9.62. The lowest BCUT2D eigenvalue weighted by Gasteiger charge is -1.99. The summed E-state index contributed by atoms with van der Waals surface area (Å²) in [7, 11) is -4.50. The lowest BCUT2D eigenvalue weighted by molar-refractivity contribution is 0.0691. The molecule has 1 aromatic heterocycles. The van der Waals surface area contributed by atoms with E-state index in [-0.39, 0.29) is 0 Å². The summed E-state index contributed by atoms with van der Waals surface area (Å²) in [6.45, 7) is 0. The second kappa shape index (κ2) is 3.11. The summed E-state index contributed by atoms with van der Waals surface area (Å²) in [6.07, 6.45) is 1.93. The van der Waals surface area contributed by atoms with Gasteiger partial charge in [-0.15, -0.1) is 0 Å². The highest BCUT2D eigenvalue weighted by Gasteiger charge is 2.19. The van der Waals surface area contributed by atoms with Crippen molar-refractivity contribution in [3.63, 3.8) is 0 Å². The summed E-state index contributed by atoms with van der Waals surface area (Å²) in [5.74, 6) is -1.46. The van der Waals surface area contributed by atoms with Crippen LogP contribution in [0.2, 0.25) is 0 Å². The Morgan fingerprint density at radius 3 is 2.46 bits per heavy atom. The van der Waals surface area contributed by atoms with Crippen molar-refractivity contribution in [1.82, 2.24) is 4.98 Å². The van der Waals surface area contributed by atoms with Crippen molar-refractivity contribution in [3.05, 3.63) is 24.0 Å². The van der Waals surface area contributed by atoms with E-state index >= 15 is 0 Å². The Morgan fingerprint density at radius 2 is 2.08 bits per heavy atom. The fourth-order valence-corrected chi connectivity index (χ4v) is 1.42. The topological polar surface area (TPSA) is 105 Å². The van der Waals surface area contributed by atoms with E-state index in [0.29, 0.717) is 0 Å². The molecule has 1 heterocycles. The van der Waals surface area contributed by atoms with Crippen LogP contribution >= 0.6 is 0 Å². The quantitative estimate of drug-likeness (QED) is 0.657. The van der Waals surface area contributed by atoms with Crippen molar-refractivity contribution in [3.8, 4) is 0 Å². The molecule has 6 nitrogen and oxygen atoms in total. The summed E-state index contributed by atoms with van der Waals surface area (Å²) in [5, 5.41) is 8.51. The Kier molecular flexibility index (Phi) is 2.30. The molecule has 13 heavy (non-hydrogen) atoms. The van der Waals surface area contributed by atoms with E-state index in [4.69, 9.17) is 9.66 Å². The molecular formula is C6H5NO5S. The van der Waals surface area contributed by atoms with Crippen molar-refractivity contribution in [2.24, 2.45) is 0 Å². The zero-order valence-electron chi connectivity index (χ0n) is 6.21. The Hall–Kier alpha value is -1.47. The Morgan fingerprint density at radius 1 is 1.46 bits per heavy atom. The Labute approximate surface area is 73.6 Å². The normalized spacial score (nSPS) is 11.2. The minimum atomic E-state index is -4.50. The van der Waals surface area contributed by atoms with Gasteiger partial charge in [0.05, 0.1) is 5.56 Å². The highest BCUT2D eigenvalue weighted by molar-refractivity contribution is 7.86. The molecule has 70 valence electrons. The van der Waals surface area contributed by atoms with E-state index in [0.717, 1.165) is 18.5 Å². The lowest BCUT2D eigenvalue weighted by atomic mass is 10.3. The zero-order chi connectivity index (χ0) is 10.1. The highest BCUT2D eigenvalue weighted by Crippen LogP contribution is 2.12. The van der Waals surface area contributed by atoms with Crippen LogP contribution in [-0.2, 0) is 10.1 Å². The molecule has 1 aromatic rings. The molecule has 0 saturated heterocycles. The monoisotopic (exact) mass is 203 g/mol. The van der Waals surface area contributed by atoms with Crippen molar-refractivity contribution in [2.45, 2.75) is 4.90 Å². The Bertz CT molecular complexity index is 438. The van der Waals surface area contributed by atoms with Gasteiger partial charge in [-0.2, -0.15) is 8.42 Å². The van der Waals surface area contributed by atoms with Crippen LogP contribution in [0.25, 0.3) is 0 Å².